The van der Waals surface area contributed by atoms with Gasteiger partial charge in [0.05, 0.1) is 12.9 Å². The molecule has 0 atom stereocenters. The fraction of sp³-hybridized carbons (Fsp3) is 0.375. The number of nitrogens with zero attached hydrogens (tertiary/aromatic N) is 3. The maximum absolute atomic E-state index is 12.5. The molecule has 3 rings (SSSR count). The molecule has 0 unspecified atom stereocenters. The van der Waals surface area contributed by atoms with Crippen molar-refractivity contribution >= 4 is 23.4 Å². The van der Waals surface area contributed by atoms with Gasteiger partial charge in [-0.15, -0.1) is 10.2 Å². The molecule has 1 heterocycles. The molecule has 0 saturated heterocycles. The van der Waals surface area contributed by atoms with Crippen LogP contribution in [0.4, 0.5) is 5.69 Å². The normalized spacial score (nSPS) is 11.0. The highest BCUT2D eigenvalue weighted by atomic mass is 32.2. The van der Waals surface area contributed by atoms with Crippen molar-refractivity contribution in [2.75, 3.05) is 18.2 Å². The number of anilines is 1. The van der Waals surface area contributed by atoms with Crippen LogP contribution in [0, 0.1) is 0 Å². The summed E-state index contributed by atoms with van der Waals surface area (Å²) in [5.74, 6) is 2.41. The van der Waals surface area contributed by atoms with Gasteiger partial charge in [0.25, 0.3) is 0 Å². The number of carbonyl (C=O) groups excluding carboxylic acids is 1. The smallest absolute Gasteiger partial charge is 0.234 e. The Labute approximate surface area is 188 Å². The lowest BCUT2D eigenvalue weighted by molar-refractivity contribution is -0.113. The third kappa shape index (κ3) is 6.34. The average Bonchev–Trinajstić information content (AvgIpc) is 3.12. The minimum absolute atomic E-state index is 0.0397. The fourth-order valence-corrected chi connectivity index (χ4v) is 4.09. The molecule has 164 valence electrons. The summed E-state index contributed by atoms with van der Waals surface area (Å²) in [5.41, 5.74) is 3.29. The quantitative estimate of drug-likeness (QED) is 0.458. The van der Waals surface area contributed by atoms with Crippen LogP contribution in [-0.2, 0) is 24.7 Å². The Hall–Kier alpha value is -2.80. The maximum Gasteiger partial charge on any atom is 0.234 e. The number of thioether (sulfide) groups is 1. The molecule has 0 aliphatic rings. The van der Waals surface area contributed by atoms with Gasteiger partial charge in [0.15, 0.2) is 5.16 Å². The zero-order chi connectivity index (χ0) is 22.2. The number of nitrogens with one attached hydrogen (secondary N) is 1. The van der Waals surface area contributed by atoms with E-state index in [4.69, 9.17) is 4.74 Å². The van der Waals surface area contributed by atoms with Gasteiger partial charge in [-0.1, -0.05) is 55.9 Å². The lowest BCUT2D eigenvalue weighted by atomic mass is 10.0. The number of hydrogen-bond acceptors (Lipinski definition) is 5. The van der Waals surface area contributed by atoms with Crippen LogP contribution in [-0.4, -0.2) is 33.5 Å². The van der Waals surface area contributed by atoms with Crippen LogP contribution in [0.15, 0.2) is 53.7 Å². The van der Waals surface area contributed by atoms with Crippen LogP contribution in [0.3, 0.4) is 0 Å². The fourth-order valence-electron chi connectivity index (χ4n) is 3.36. The highest BCUT2D eigenvalue weighted by Gasteiger charge is 2.13. The second kappa shape index (κ2) is 11.0. The number of ether oxygens (including phenoxy) is 1. The Morgan fingerprint density at radius 1 is 1.10 bits per heavy atom. The first-order valence-electron chi connectivity index (χ1n) is 10.5. The Balaban J connectivity index is 1.49. The molecule has 1 N–H and O–H groups in total. The first-order valence-corrected chi connectivity index (χ1v) is 11.5. The highest BCUT2D eigenvalue weighted by molar-refractivity contribution is 7.99. The van der Waals surface area contributed by atoms with Crippen molar-refractivity contribution in [2.24, 2.45) is 7.05 Å². The Morgan fingerprint density at radius 3 is 2.55 bits per heavy atom. The molecule has 0 aliphatic carbocycles. The summed E-state index contributed by atoms with van der Waals surface area (Å²) in [5, 5.41) is 12.4. The van der Waals surface area contributed by atoms with Crippen LogP contribution < -0.4 is 10.1 Å². The van der Waals surface area contributed by atoms with E-state index in [0.29, 0.717) is 11.7 Å². The van der Waals surface area contributed by atoms with Crippen molar-refractivity contribution in [1.29, 1.82) is 0 Å². The summed E-state index contributed by atoms with van der Waals surface area (Å²) in [6, 6.07) is 16.1. The molecule has 7 heteroatoms. The molecule has 1 amide bonds. The molecule has 2 aromatic carbocycles. The van der Waals surface area contributed by atoms with Gasteiger partial charge in [-0.25, -0.2) is 0 Å². The summed E-state index contributed by atoms with van der Waals surface area (Å²) in [7, 11) is 3.63. The van der Waals surface area contributed by atoms with Gasteiger partial charge in [0, 0.05) is 19.2 Å². The Bertz CT molecular complexity index is 999. The maximum atomic E-state index is 12.5. The zero-order valence-corrected chi connectivity index (χ0v) is 19.4. The lowest BCUT2D eigenvalue weighted by Crippen LogP contribution is -2.16. The molecule has 0 spiro atoms. The summed E-state index contributed by atoms with van der Waals surface area (Å²) in [6.45, 7) is 4.24. The predicted octanol–water partition coefficient (Wildman–Crippen LogP) is 4.85. The molecule has 31 heavy (non-hydrogen) atoms. The van der Waals surface area contributed by atoms with Crippen molar-refractivity contribution in [1.82, 2.24) is 14.8 Å². The van der Waals surface area contributed by atoms with Gasteiger partial charge in [0.1, 0.15) is 11.6 Å². The molecular weight excluding hydrogens is 408 g/mol. The van der Waals surface area contributed by atoms with Crippen molar-refractivity contribution in [3.05, 3.63) is 65.5 Å². The number of aromatic nitrogens is 3. The number of methoxy groups -OCH3 is 1. The first-order chi connectivity index (χ1) is 15.0. The zero-order valence-electron chi connectivity index (χ0n) is 18.6. The summed E-state index contributed by atoms with van der Waals surface area (Å²) >= 11 is 1.41. The van der Waals surface area contributed by atoms with Gasteiger partial charge in [-0.3, -0.25) is 4.79 Å². The number of carbonyl (C=O) groups is 1. The molecule has 3 aromatic rings. The summed E-state index contributed by atoms with van der Waals surface area (Å²) in [6.07, 6.45) is 2.79. The van der Waals surface area contributed by atoms with E-state index in [9.17, 15) is 4.79 Å². The summed E-state index contributed by atoms with van der Waals surface area (Å²) < 4.78 is 7.18. The van der Waals surface area contributed by atoms with Gasteiger partial charge < -0.3 is 14.6 Å². The van der Waals surface area contributed by atoms with Crippen molar-refractivity contribution in [2.45, 2.75) is 44.2 Å². The Kier molecular flexibility index (Phi) is 8.12. The molecule has 0 aliphatic heterocycles. The first kappa shape index (κ1) is 22.9. The second-order valence-corrected chi connectivity index (χ2v) is 8.68. The van der Waals surface area contributed by atoms with E-state index in [1.807, 2.05) is 48.0 Å². The van der Waals surface area contributed by atoms with E-state index in [0.717, 1.165) is 47.2 Å². The van der Waals surface area contributed by atoms with Crippen LogP contribution in [0.2, 0.25) is 0 Å². The Morgan fingerprint density at radius 2 is 1.84 bits per heavy atom. The van der Waals surface area contributed by atoms with Crippen molar-refractivity contribution < 1.29 is 9.53 Å². The van der Waals surface area contributed by atoms with Crippen molar-refractivity contribution in [3.63, 3.8) is 0 Å². The topological polar surface area (TPSA) is 69.0 Å². The van der Waals surface area contributed by atoms with Gasteiger partial charge in [0.2, 0.25) is 5.91 Å². The monoisotopic (exact) mass is 438 g/mol. The van der Waals surface area contributed by atoms with Crippen LogP contribution in [0.25, 0.3) is 0 Å². The third-order valence-electron chi connectivity index (χ3n) is 5.14. The number of para-hydroxylation sites is 1. The average molecular weight is 439 g/mol. The number of rotatable bonds is 10. The van der Waals surface area contributed by atoms with E-state index >= 15 is 0 Å². The standard InChI is InChI=1S/C24H30N4O2S/c1-17(2)20-9-5-6-10-21(20)25-23(29)16-31-24-27-26-22(28(24)3)11-7-8-18-12-14-19(30-4)15-13-18/h5-6,9-10,12-15,17H,7-8,11,16H2,1-4H3,(H,25,29). The van der Waals surface area contributed by atoms with Crippen LogP contribution in [0.1, 0.15) is 43.1 Å². The molecule has 1 aromatic heterocycles. The second-order valence-electron chi connectivity index (χ2n) is 7.74. The SMILES string of the molecule is COc1ccc(CCCc2nnc(SCC(=O)Nc3ccccc3C(C)C)n2C)cc1. The molecular formula is C24H30N4O2S. The van der Waals surface area contributed by atoms with E-state index in [-0.39, 0.29) is 5.91 Å². The van der Waals surface area contributed by atoms with Crippen molar-refractivity contribution in [3.8, 4) is 5.75 Å². The molecule has 6 nitrogen and oxygen atoms in total. The third-order valence-corrected chi connectivity index (χ3v) is 6.16. The van der Waals surface area contributed by atoms with Gasteiger partial charge >= 0.3 is 0 Å². The molecule has 0 fully saturated rings. The van der Waals surface area contributed by atoms with Crippen LogP contribution in [0.5, 0.6) is 5.75 Å². The predicted molar refractivity (Wildman–Crippen MR) is 126 cm³/mol. The number of amides is 1. The minimum Gasteiger partial charge on any atom is -0.497 e. The number of hydrogen-bond donors (Lipinski definition) is 1. The molecule has 0 saturated carbocycles. The van der Waals surface area contributed by atoms with E-state index in [2.05, 4.69) is 41.5 Å². The van der Waals surface area contributed by atoms with Gasteiger partial charge in [-0.2, -0.15) is 0 Å². The van der Waals surface area contributed by atoms with E-state index in [1.165, 1.54) is 17.3 Å². The minimum atomic E-state index is -0.0397. The largest absolute Gasteiger partial charge is 0.497 e. The molecule has 0 bridgehead atoms. The van der Waals surface area contributed by atoms with Gasteiger partial charge in [-0.05, 0) is 48.1 Å². The lowest BCUT2D eigenvalue weighted by Gasteiger charge is -2.13. The van der Waals surface area contributed by atoms with Crippen LogP contribution >= 0.6 is 11.8 Å². The number of aryl methyl sites for hydroxylation is 2. The van der Waals surface area contributed by atoms with E-state index < -0.39 is 0 Å². The molecule has 0 radical (unpaired) electrons. The summed E-state index contributed by atoms with van der Waals surface area (Å²) in [4.78, 5) is 12.5. The highest BCUT2D eigenvalue weighted by Crippen LogP contribution is 2.24. The van der Waals surface area contributed by atoms with E-state index in [1.54, 1.807) is 7.11 Å². The number of benzene rings is 2.